The van der Waals surface area contributed by atoms with E-state index < -0.39 is 33.1 Å². The number of imide groups is 1. The minimum absolute atomic E-state index is 0.0172. The Bertz CT molecular complexity index is 582. The molecule has 1 atom stereocenters. The van der Waals surface area contributed by atoms with Gasteiger partial charge in [-0.05, 0) is 17.4 Å². The van der Waals surface area contributed by atoms with Crippen LogP contribution in [0.25, 0.3) is 0 Å². The number of carbonyl (C=O) groups excluding carboxylic acids is 3. The minimum Gasteiger partial charge on any atom is -0.353 e. The lowest BCUT2D eigenvalue weighted by molar-refractivity contribution is -0.137. The van der Waals surface area contributed by atoms with Crippen molar-refractivity contribution in [2.45, 2.75) is 30.8 Å². The molecule has 1 rings (SSSR count). The van der Waals surface area contributed by atoms with Crippen LogP contribution in [0.4, 0.5) is 0 Å². The Morgan fingerprint density at radius 2 is 1.87 bits per heavy atom. The molecule has 0 aromatic carbocycles. The molecular weight excluding hydrogens is 344 g/mol. The first-order valence-corrected chi connectivity index (χ1v) is 9.57. The quantitative estimate of drug-likeness (QED) is 0.430. The van der Waals surface area contributed by atoms with Crippen LogP contribution >= 0.6 is 11.8 Å². The molecule has 23 heavy (non-hydrogen) atoms. The summed E-state index contributed by atoms with van der Waals surface area (Å²) < 4.78 is 31.8. The second kappa shape index (κ2) is 8.46. The third-order valence-electron chi connectivity index (χ3n) is 3.02. The number of nitrogens with zero attached hydrogens (tertiary/aromatic N) is 1. The largest absolute Gasteiger partial charge is 0.353 e. The summed E-state index contributed by atoms with van der Waals surface area (Å²) in [5, 5.41) is 1.05. The highest BCUT2D eigenvalue weighted by molar-refractivity contribution is 7.99. The van der Waals surface area contributed by atoms with Crippen molar-refractivity contribution >= 4 is 39.6 Å². The molecule has 2 N–H and O–H groups in total. The predicted octanol–water partition coefficient (Wildman–Crippen LogP) is -0.184. The van der Waals surface area contributed by atoms with Crippen molar-refractivity contribution in [2.75, 3.05) is 18.8 Å². The standard InChI is InChI=1S/C13H20N2O6S2/c1-9(2)22-8-5-10(23(19,20)21)13(18)14-6-7-15-11(16)3-4-12(15)17/h3-4,9-10H,5-8H2,1-2H3,(H,14,18)(H,19,20,21). The van der Waals surface area contributed by atoms with E-state index in [1.54, 1.807) is 0 Å². The molecule has 0 bridgehead atoms. The fourth-order valence-electron chi connectivity index (χ4n) is 1.88. The summed E-state index contributed by atoms with van der Waals surface area (Å²) in [6.07, 6.45) is 2.22. The van der Waals surface area contributed by atoms with Crippen LogP contribution in [0.1, 0.15) is 20.3 Å². The fraction of sp³-hybridized carbons (Fsp3) is 0.615. The van der Waals surface area contributed by atoms with E-state index in [0.29, 0.717) is 5.75 Å². The molecule has 0 fully saturated rings. The molecule has 0 saturated carbocycles. The van der Waals surface area contributed by atoms with Crippen molar-refractivity contribution < 1.29 is 27.4 Å². The van der Waals surface area contributed by atoms with Crippen LogP contribution in [0.2, 0.25) is 0 Å². The molecule has 10 heteroatoms. The van der Waals surface area contributed by atoms with Gasteiger partial charge in [-0.1, -0.05) is 13.8 Å². The van der Waals surface area contributed by atoms with Gasteiger partial charge in [0, 0.05) is 25.2 Å². The van der Waals surface area contributed by atoms with Crippen molar-refractivity contribution in [1.82, 2.24) is 10.2 Å². The zero-order chi connectivity index (χ0) is 17.6. The number of rotatable bonds is 9. The predicted molar refractivity (Wildman–Crippen MR) is 86.4 cm³/mol. The van der Waals surface area contributed by atoms with Crippen LogP contribution in [0.15, 0.2) is 12.2 Å². The van der Waals surface area contributed by atoms with Gasteiger partial charge in [0.2, 0.25) is 5.91 Å². The lowest BCUT2D eigenvalue weighted by atomic mass is 10.3. The SMILES string of the molecule is CC(C)SCCC(C(=O)NCCN1C(=O)C=CC1=O)S(=O)(=O)O. The molecule has 8 nitrogen and oxygen atoms in total. The first-order chi connectivity index (χ1) is 10.6. The Hall–Kier alpha value is -1.39. The second-order valence-corrected chi connectivity index (χ2v) is 8.45. The summed E-state index contributed by atoms with van der Waals surface area (Å²) in [4.78, 5) is 35.5. The van der Waals surface area contributed by atoms with E-state index in [4.69, 9.17) is 0 Å². The zero-order valence-corrected chi connectivity index (χ0v) is 14.5. The van der Waals surface area contributed by atoms with Gasteiger partial charge in [-0.25, -0.2) is 0 Å². The van der Waals surface area contributed by atoms with Crippen LogP contribution in [-0.2, 0) is 24.5 Å². The Morgan fingerprint density at radius 3 is 2.35 bits per heavy atom. The molecule has 0 spiro atoms. The van der Waals surface area contributed by atoms with E-state index >= 15 is 0 Å². The highest BCUT2D eigenvalue weighted by atomic mass is 32.2. The number of nitrogens with one attached hydrogen (secondary N) is 1. The summed E-state index contributed by atoms with van der Waals surface area (Å²) in [6.45, 7) is 3.73. The molecule has 1 heterocycles. The Balaban J connectivity index is 2.50. The number of hydrogen-bond acceptors (Lipinski definition) is 6. The zero-order valence-electron chi connectivity index (χ0n) is 12.9. The summed E-state index contributed by atoms with van der Waals surface area (Å²) in [7, 11) is -4.52. The van der Waals surface area contributed by atoms with E-state index in [1.807, 2.05) is 13.8 Å². The van der Waals surface area contributed by atoms with Crippen LogP contribution in [0, 0.1) is 0 Å². The molecule has 0 radical (unpaired) electrons. The van der Waals surface area contributed by atoms with Gasteiger partial charge in [0.1, 0.15) is 0 Å². The third kappa shape index (κ3) is 6.32. The monoisotopic (exact) mass is 364 g/mol. The Labute approximate surface area is 139 Å². The normalized spacial score (nSPS) is 16.3. The molecule has 1 aliphatic heterocycles. The molecule has 0 saturated heterocycles. The number of hydrogen-bond donors (Lipinski definition) is 2. The van der Waals surface area contributed by atoms with Gasteiger partial charge in [-0.15, -0.1) is 0 Å². The molecule has 0 aliphatic carbocycles. The van der Waals surface area contributed by atoms with Gasteiger partial charge < -0.3 is 5.32 Å². The Morgan fingerprint density at radius 1 is 1.30 bits per heavy atom. The first kappa shape index (κ1) is 19.7. The van der Waals surface area contributed by atoms with Crippen molar-refractivity contribution in [1.29, 1.82) is 0 Å². The van der Waals surface area contributed by atoms with Crippen LogP contribution in [0.5, 0.6) is 0 Å². The molecule has 1 aliphatic rings. The van der Waals surface area contributed by atoms with E-state index in [-0.39, 0.29) is 24.8 Å². The van der Waals surface area contributed by atoms with Crippen LogP contribution < -0.4 is 5.32 Å². The fourth-order valence-corrected chi connectivity index (χ4v) is 3.64. The average Bonchev–Trinajstić information content (AvgIpc) is 2.73. The van der Waals surface area contributed by atoms with E-state index in [2.05, 4.69) is 5.32 Å². The van der Waals surface area contributed by atoms with Crippen LogP contribution in [-0.4, -0.2) is 64.9 Å². The summed E-state index contributed by atoms with van der Waals surface area (Å²) in [5.74, 6) is -1.40. The highest BCUT2D eigenvalue weighted by Gasteiger charge is 2.31. The summed E-state index contributed by atoms with van der Waals surface area (Å²) in [5.41, 5.74) is 0. The van der Waals surface area contributed by atoms with E-state index in [1.165, 1.54) is 11.8 Å². The number of amides is 3. The van der Waals surface area contributed by atoms with Gasteiger partial charge in [0.05, 0.1) is 0 Å². The van der Waals surface area contributed by atoms with Crippen LogP contribution in [0.3, 0.4) is 0 Å². The average molecular weight is 364 g/mol. The van der Waals surface area contributed by atoms with E-state index in [0.717, 1.165) is 17.1 Å². The van der Waals surface area contributed by atoms with Crippen molar-refractivity contribution in [3.05, 3.63) is 12.2 Å². The summed E-state index contributed by atoms with van der Waals surface area (Å²) >= 11 is 1.48. The molecule has 0 aromatic heterocycles. The first-order valence-electron chi connectivity index (χ1n) is 7.02. The van der Waals surface area contributed by atoms with Gasteiger partial charge in [-0.3, -0.25) is 23.8 Å². The Kier molecular flexibility index (Phi) is 7.23. The molecule has 130 valence electrons. The van der Waals surface area contributed by atoms with E-state index in [9.17, 15) is 27.4 Å². The second-order valence-electron chi connectivity index (χ2n) is 5.16. The van der Waals surface area contributed by atoms with Gasteiger partial charge in [0.25, 0.3) is 21.9 Å². The lowest BCUT2D eigenvalue weighted by Gasteiger charge is -2.17. The smallest absolute Gasteiger partial charge is 0.276 e. The van der Waals surface area contributed by atoms with Crippen molar-refractivity contribution in [3.63, 3.8) is 0 Å². The molecule has 0 aromatic rings. The highest BCUT2D eigenvalue weighted by Crippen LogP contribution is 2.15. The topological polar surface area (TPSA) is 121 Å². The van der Waals surface area contributed by atoms with Gasteiger partial charge in [-0.2, -0.15) is 20.2 Å². The van der Waals surface area contributed by atoms with Crippen molar-refractivity contribution in [3.8, 4) is 0 Å². The summed E-state index contributed by atoms with van der Waals surface area (Å²) in [6, 6.07) is 0. The van der Waals surface area contributed by atoms with Gasteiger partial charge in [0.15, 0.2) is 5.25 Å². The molecular formula is C13H20N2O6S2. The number of thioether (sulfide) groups is 1. The lowest BCUT2D eigenvalue weighted by Crippen LogP contribution is -2.44. The van der Waals surface area contributed by atoms with Crippen molar-refractivity contribution in [2.24, 2.45) is 0 Å². The molecule has 3 amide bonds. The maximum atomic E-state index is 11.9. The molecule has 1 unspecified atom stereocenters. The maximum Gasteiger partial charge on any atom is 0.276 e. The van der Waals surface area contributed by atoms with Gasteiger partial charge >= 0.3 is 0 Å². The maximum absolute atomic E-state index is 11.9. The minimum atomic E-state index is -4.52. The number of carbonyl (C=O) groups is 3. The third-order valence-corrected chi connectivity index (χ3v) is 5.33.